The first-order valence-electron chi connectivity index (χ1n) is 6.88. The van der Waals surface area contributed by atoms with Crippen molar-refractivity contribution >= 4 is 21.8 Å². The highest BCUT2D eigenvalue weighted by Gasteiger charge is 2.35. The molecule has 0 saturated heterocycles. The van der Waals surface area contributed by atoms with Crippen molar-refractivity contribution < 1.29 is 15.0 Å². The minimum Gasteiger partial charge on any atom is -0.507 e. The third-order valence-corrected chi connectivity index (χ3v) is 4.65. The van der Waals surface area contributed by atoms with E-state index in [0.717, 1.165) is 25.7 Å². The molecule has 4 nitrogen and oxygen atoms in total. The maximum absolute atomic E-state index is 12.3. The molecule has 2 atom stereocenters. The number of nitrogens with one attached hydrogen (secondary N) is 1. The number of rotatable bonds is 3. The van der Waals surface area contributed by atoms with E-state index in [2.05, 4.69) is 28.2 Å². The van der Waals surface area contributed by atoms with Crippen LogP contribution >= 0.6 is 15.9 Å². The molecule has 1 aromatic carbocycles. The molecule has 1 aliphatic carbocycles. The fourth-order valence-corrected chi connectivity index (χ4v) is 3.17. The van der Waals surface area contributed by atoms with E-state index in [1.54, 1.807) is 12.1 Å². The van der Waals surface area contributed by atoms with Crippen molar-refractivity contribution in [3.63, 3.8) is 0 Å². The maximum atomic E-state index is 12.3. The Kier molecular flexibility index (Phi) is 4.70. The smallest absolute Gasteiger partial charge is 0.251 e. The van der Waals surface area contributed by atoms with Crippen LogP contribution in [0.4, 0.5) is 0 Å². The Morgan fingerprint density at radius 3 is 2.90 bits per heavy atom. The summed E-state index contributed by atoms with van der Waals surface area (Å²) in [6.45, 7) is 2.09. The molecule has 110 valence electrons. The highest BCUT2D eigenvalue weighted by molar-refractivity contribution is 9.10. The number of hydrogen-bond donors (Lipinski definition) is 3. The van der Waals surface area contributed by atoms with Gasteiger partial charge >= 0.3 is 0 Å². The number of hydrogen-bond acceptors (Lipinski definition) is 3. The zero-order valence-electron chi connectivity index (χ0n) is 11.5. The minimum absolute atomic E-state index is 0.0349. The predicted octanol–water partition coefficient (Wildman–Crippen LogP) is 2.83. The number of aliphatic hydroxyl groups excluding tert-OH is 1. The summed E-state index contributed by atoms with van der Waals surface area (Å²) in [6, 6.07) is 4.71. The summed E-state index contributed by atoms with van der Waals surface area (Å²) >= 11 is 3.19. The SMILES string of the molecule is CC1CCCC(CO)(NC(=O)c2ccc(Br)c(O)c2)C1. The first-order chi connectivity index (χ1) is 9.46. The van der Waals surface area contributed by atoms with Crippen LogP contribution in [0.1, 0.15) is 43.0 Å². The number of halogens is 1. The lowest BCUT2D eigenvalue weighted by Crippen LogP contribution is -2.53. The zero-order chi connectivity index (χ0) is 14.8. The van der Waals surface area contributed by atoms with E-state index < -0.39 is 5.54 Å². The van der Waals surface area contributed by atoms with Gasteiger partial charge < -0.3 is 15.5 Å². The lowest BCUT2D eigenvalue weighted by Gasteiger charge is -2.39. The van der Waals surface area contributed by atoms with Crippen molar-refractivity contribution in [1.29, 1.82) is 0 Å². The third kappa shape index (κ3) is 3.33. The Hall–Kier alpha value is -1.07. The van der Waals surface area contributed by atoms with E-state index in [4.69, 9.17) is 0 Å². The number of amides is 1. The summed E-state index contributed by atoms with van der Waals surface area (Å²) < 4.78 is 0.553. The van der Waals surface area contributed by atoms with Gasteiger partial charge in [0.25, 0.3) is 5.91 Å². The number of phenols is 1. The Bertz CT molecular complexity index is 506. The van der Waals surface area contributed by atoms with Crippen LogP contribution in [0, 0.1) is 5.92 Å². The monoisotopic (exact) mass is 341 g/mol. The van der Waals surface area contributed by atoms with Crippen LogP contribution in [-0.4, -0.2) is 28.3 Å². The van der Waals surface area contributed by atoms with E-state index in [1.165, 1.54) is 6.07 Å². The highest BCUT2D eigenvalue weighted by atomic mass is 79.9. The lowest BCUT2D eigenvalue weighted by molar-refractivity contribution is 0.0696. The van der Waals surface area contributed by atoms with Crippen LogP contribution in [0.5, 0.6) is 5.75 Å². The summed E-state index contributed by atoms with van der Waals surface area (Å²) in [4.78, 5) is 12.3. The number of carbonyl (C=O) groups is 1. The molecule has 1 saturated carbocycles. The number of aliphatic hydroxyl groups is 1. The molecule has 2 unspecified atom stereocenters. The standard InChI is InChI=1S/C15H20BrNO3/c1-10-3-2-6-15(8-10,9-18)17-14(20)11-4-5-12(16)13(19)7-11/h4-5,7,10,18-19H,2-3,6,8-9H2,1H3,(H,17,20). The Labute approximate surface area is 127 Å². The first-order valence-corrected chi connectivity index (χ1v) is 7.67. The third-order valence-electron chi connectivity index (χ3n) is 3.98. The zero-order valence-corrected chi connectivity index (χ0v) is 13.1. The average Bonchev–Trinajstić information content (AvgIpc) is 2.41. The fraction of sp³-hybridized carbons (Fsp3) is 0.533. The molecule has 0 bridgehead atoms. The van der Waals surface area contributed by atoms with Crippen molar-refractivity contribution in [2.75, 3.05) is 6.61 Å². The van der Waals surface area contributed by atoms with Gasteiger partial charge in [0.1, 0.15) is 5.75 Å². The molecule has 2 rings (SSSR count). The second kappa shape index (κ2) is 6.14. The van der Waals surface area contributed by atoms with E-state index in [1.807, 2.05) is 0 Å². The van der Waals surface area contributed by atoms with E-state index >= 15 is 0 Å². The summed E-state index contributed by atoms with van der Waals surface area (Å²) in [6.07, 6.45) is 3.73. The van der Waals surface area contributed by atoms with Gasteiger partial charge in [0, 0.05) is 5.56 Å². The van der Waals surface area contributed by atoms with Crippen LogP contribution in [0.2, 0.25) is 0 Å². The highest BCUT2D eigenvalue weighted by Crippen LogP contribution is 2.32. The van der Waals surface area contributed by atoms with Crippen molar-refractivity contribution in [1.82, 2.24) is 5.32 Å². The van der Waals surface area contributed by atoms with Gasteiger partial charge in [-0.3, -0.25) is 4.79 Å². The van der Waals surface area contributed by atoms with Crippen LogP contribution in [0.15, 0.2) is 22.7 Å². The molecule has 1 amide bonds. The maximum Gasteiger partial charge on any atom is 0.251 e. The second-order valence-corrected chi connectivity index (χ2v) is 6.61. The molecule has 1 aliphatic rings. The van der Waals surface area contributed by atoms with Crippen LogP contribution in [0.25, 0.3) is 0 Å². The van der Waals surface area contributed by atoms with Gasteiger partial charge in [-0.15, -0.1) is 0 Å². The molecule has 0 aromatic heterocycles. The molecule has 20 heavy (non-hydrogen) atoms. The molecule has 3 N–H and O–H groups in total. The Balaban J connectivity index is 2.14. The molecular formula is C15H20BrNO3. The topological polar surface area (TPSA) is 69.6 Å². The summed E-state index contributed by atoms with van der Waals surface area (Å²) in [7, 11) is 0. The number of phenolic OH excluding ortho intramolecular Hbond substituents is 1. The Morgan fingerprint density at radius 2 is 2.30 bits per heavy atom. The van der Waals surface area contributed by atoms with Gasteiger partial charge in [-0.2, -0.15) is 0 Å². The number of carbonyl (C=O) groups excluding carboxylic acids is 1. The summed E-state index contributed by atoms with van der Waals surface area (Å²) in [5.74, 6) is 0.276. The normalized spacial score (nSPS) is 26.2. The van der Waals surface area contributed by atoms with Crippen LogP contribution in [0.3, 0.4) is 0 Å². The van der Waals surface area contributed by atoms with Crippen LogP contribution in [-0.2, 0) is 0 Å². The second-order valence-electron chi connectivity index (χ2n) is 5.76. The minimum atomic E-state index is -0.530. The van der Waals surface area contributed by atoms with Crippen molar-refractivity contribution in [3.8, 4) is 5.75 Å². The average molecular weight is 342 g/mol. The van der Waals surface area contributed by atoms with Crippen LogP contribution < -0.4 is 5.32 Å². The molecule has 1 fully saturated rings. The van der Waals surface area contributed by atoms with Gasteiger partial charge in [0.2, 0.25) is 0 Å². The molecule has 0 aliphatic heterocycles. The summed E-state index contributed by atoms with van der Waals surface area (Å²) in [5.41, 5.74) is -0.131. The van der Waals surface area contributed by atoms with Crippen molar-refractivity contribution in [2.24, 2.45) is 5.92 Å². The molecule has 0 heterocycles. The molecule has 0 radical (unpaired) electrons. The van der Waals surface area contributed by atoms with Gasteiger partial charge in [-0.25, -0.2) is 0 Å². The predicted molar refractivity (Wildman–Crippen MR) is 80.7 cm³/mol. The van der Waals surface area contributed by atoms with E-state index in [-0.39, 0.29) is 18.3 Å². The molecular weight excluding hydrogens is 322 g/mol. The first kappa shape index (κ1) is 15.3. The van der Waals surface area contributed by atoms with Gasteiger partial charge in [-0.1, -0.05) is 19.8 Å². The largest absolute Gasteiger partial charge is 0.507 e. The fourth-order valence-electron chi connectivity index (χ4n) is 2.92. The van der Waals surface area contributed by atoms with E-state index in [9.17, 15) is 15.0 Å². The molecule has 5 heteroatoms. The molecule has 1 aromatic rings. The van der Waals surface area contributed by atoms with Gasteiger partial charge in [0.05, 0.1) is 16.6 Å². The number of aromatic hydroxyl groups is 1. The quantitative estimate of drug-likeness (QED) is 0.791. The van der Waals surface area contributed by atoms with Crippen molar-refractivity contribution in [3.05, 3.63) is 28.2 Å². The number of benzene rings is 1. The summed E-state index contributed by atoms with van der Waals surface area (Å²) in [5, 5.41) is 22.3. The van der Waals surface area contributed by atoms with E-state index in [0.29, 0.717) is 16.0 Å². The lowest BCUT2D eigenvalue weighted by atomic mass is 9.76. The van der Waals surface area contributed by atoms with Gasteiger partial charge in [-0.05, 0) is 52.9 Å². The van der Waals surface area contributed by atoms with Crippen molar-refractivity contribution in [2.45, 2.75) is 38.1 Å². The van der Waals surface area contributed by atoms with Gasteiger partial charge in [0.15, 0.2) is 0 Å². The molecule has 0 spiro atoms. The Morgan fingerprint density at radius 1 is 1.55 bits per heavy atom.